The number of carbonyl (C=O) groups is 2. The molecule has 3 amide bonds. The molecule has 1 N–H and O–H groups in total. The molecule has 2 atom stereocenters. The third kappa shape index (κ3) is 3.47. The molecule has 158 valence electrons. The Balaban J connectivity index is 1.30. The minimum Gasteiger partial charge on any atom is -0.378 e. The van der Waals surface area contributed by atoms with E-state index in [0.717, 1.165) is 23.6 Å². The molecule has 30 heavy (non-hydrogen) atoms. The predicted molar refractivity (Wildman–Crippen MR) is 109 cm³/mol. The number of piperidine rings is 1. The van der Waals surface area contributed by atoms with Gasteiger partial charge >= 0.3 is 6.03 Å². The summed E-state index contributed by atoms with van der Waals surface area (Å²) in [6, 6.07) is 5.06. The molecule has 0 spiro atoms. The number of carbonyl (C=O) groups excluding carboxylic acids is 2. The molecule has 2 saturated heterocycles. The van der Waals surface area contributed by atoms with Gasteiger partial charge in [-0.2, -0.15) is 0 Å². The number of nitrogens with one attached hydrogen (secondary N) is 1. The molecule has 11 heteroatoms. The van der Waals surface area contributed by atoms with Crippen LogP contribution in [0, 0.1) is 5.92 Å². The third-order valence-corrected chi connectivity index (χ3v) is 6.62. The van der Waals surface area contributed by atoms with Gasteiger partial charge in [0.15, 0.2) is 10.7 Å². The van der Waals surface area contributed by atoms with Crippen LogP contribution in [0.25, 0.3) is 0 Å². The maximum atomic E-state index is 13.0. The Morgan fingerprint density at radius 2 is 1.97 bits per heavy atom. The number of anilines is 1. The number of amides is 3. The van der Waals surface area contributed by atoms with Crippen molar-refractivity contribution in [2.75, 3.05) is 44.7 Å². The predicted octanol–water partition coefficient (Wildman–Crippen LogP) is 0.823. The van der Waals surface area contributed by atoms with Crippen molar-refractivity contribution in [3.8, 4) is 0 Å². The topological polar surface area (TPSA) is 110 Å². The fraction of sp³-hybridized carbons (Fsp3) is 0.526. The second-order valence-electron chi connectivity index (χ2n) is 7.89. The maximum absolute atomic E-state index is 13.0. The average molecular weight is 430 g/mol. The molecule has 3 aliphatic heterocycles. The first kappa shape index (κ1) is 19.2. The zero-order chi connectivity index (χ0) is 20.7. The van der Waals surface area contributed by atoms with Gasteiger partial charge in [0.25, 0.3) is 11.5 Å². The number of likely N-dealkylation sites (tertiary alicyclic amines) is 1. The minimum atomic E-state index is -0.265. The molecule has 0 unspecified atom stereocenters. The molecule has 0 aliphatic carbocycles. The lowest BCUT2D eigenvalue weighted by Gasteiger charge is -2.42. The number of pyridine rings is 1. The summed E-state index contributed by atoms with van der Waals surface area (Å²) >= 11 is 1.00. The highest BCUT2D eigenvalue weighted by Gasteiger charge is 2.37. The van der Waals surface area contributed by atoms with E-state index in [-0.39, 0.29) is 35.0 Å². The van der Waals surface area contributed by atoms with Gasteiger partial charge in [-0.25, -0.2) is 4.79 Å². The number of rotatable bonds is 2. The van der Waals surface area contributed by atoms with Gasteiger partial charge in [-0.15, -0.1) is 5.10 Å². The maximum Gasteiger partial charge on any atom is 0.322 e. The van der Waals surface area contributed by atoms with Crippen molar-refractivity contribution >= 4 is 28.5 Å². The lowest BCUT2D eigenvalue weighted by molar-refractivity contribution is 0.0299. The van der Waals surface area contributed by atoms with E-state index in [4.69, 9.17) is 4.74 Å². The molecule has 0 aromatic carbocycles. The average Bonchev–Trinajstić information content (AvgIpc) is 3.22. The van der Waals surface area contributed by atoms with Crippen molar-refractivity contribution in [2.24, 2.45) is 5.92 Å². The zero-order valence-electron chi connectivity index (χ0n) is 16.3. The second kappa shape index (κ2) is 7.80. The first-order valence-electron chi connectivity index (χ1n) is 10.0. The van der Waals surface area contributed by atoms with Gasteiger partial charge in [0.05, 0.1) is 13.2 Å². The number of nitrogens with zero attached hydrogens (tertiary/aromatic N) is 5. The van der Waals surface area contributed by atoms with Crippen LogP contribution in [-0.2, 0) is 11.3 Å². The summed E-state index contributed by atoms with van der Waals surface area (Å²) in [4.78, 5) is 41.3. The Morgan fingerprint density at radius 1 is 1.13 bits per heavy atom. The van der Waals surface area contributed by atoms with Crippen LogP contribution in [0.15, 0.2) is 23.0 Å². The number of hydrogen-bond acceptors (Lipinski definition) is 7. The van der Waals surface area contributed by atoms with E-state index in [1.807, 2.05) is 10.6 Å². The second-order valence-corrected chi connectivity index (χ2v) is 8.64. The Morgan fingerprint density at radius 3 is 2.80 bits per heavy atom. The molecular formula is C19H22N6O4S. The largest absolute Gasteiger partial charge is 0.378 e. The van der Waals surface area contributed by atoms with E-state index in [2.05, 4.69) is 14.9 Å². The zero-order valence-corrected chi connectivity index (χ0v) is 17.1. The van der Waals surface area contributed by atoms with Crippen molar-refractivity contribution in [2.45, 2.75) is 18.9 Å². The Bertz CT molecular complexity index is 1030. The minimum absolute atomic E-state index is 0.0158. The number of morpholine rings is 1. The molecule has 3 aliphatic rings. The van der Waals surface area contributed by atoms with Gasteiger partial charge in [-0.3, -0.25) is 14.9 Å². The molecule has 2 aromatic rings. The fourth-order valence-corrected chi connectivity index (χ4v) is 5.12. The number of fused-ring (bicyclic) bond motifs is 4. The molecule has 0 radical (unpaired) electrons. The number of hydrogen-bond donors (Lipinski definition) is 1. The Kier molecular flexibility index (Phi) is 4.99. The number of aromatic nitrogens is 3. The van der Waals surface area contributed by atoms with Crippen LogP contribution in [0.2, 0.25) is 0 Å². The van der Waals surface area contributed by atoms with Gasteiger partial charge in [-0.1, -0.05) is 10.6 Å². The van der Waals surface area contributed by atoms with Crippen molar-refractivity contribution in [3.05, 3.63) is 39.9 Å². The molecule has 5 heterocycles. The highest BCUT2D eigenvalue weighted by molar-refractivity contribution is 7.10. The fourth-order valence-electron chi connectivity index (χ4n) is 4.57. The van der Waals surface area contributed by atoms with Gasteiger partial charge in [-0.05, 0) is 18.4 Å². The van der Waals surface area contributed by atoms with Gasteiger partial charge in [0.1, 0.15) is 0 Å². The number of urea groups is 1. The van der Waals surface area contributed by atoms with Crippen molar-refractivity contribution in [1.29, 1.82) is 0 Å². The first-order valence-corrected chi connectivity index (χ1v) is 10.8. The van der Waals surface area contributed by atoms with E-state index in [0.29, 0.717) is 50.9 Å². The molecule has 2 aromatic heterocycles. The van der Waals surface area contributed by atoms with E-state index < -0.39 is 0 Å². The van der Waals surface area contributed by atoms with Crippen LogP contribution in [0.5, 0.6) is 0 Å². The summed E-state index contributed by atoms with van der Waals surface area (Å²) in [5.41, 5.74) is 1.17. The van der Waals surface area contributed by atoms with Crippen LogP contribution >= 0.6 is 11.5 Å². The third-order valence-electron chi connectivity index (χ3n) is 5.98. The van der Waals surface area contributed by atoms with Crippen LogP contribution in [0.1, 0.15) is 28.5 Å². The highest BCUT2D eigenvalue weighted by Crippen LogP contribution is 2.35. The molecule has 0 saturated carbocycles. The van der Waals surface area contributed by atoms with Crippen LogP contribution in [0.4, 0.5) is 9.80 Å². The van der Waals surface area contributed by atoms with Crippen molar-refractivity contribution in [1.82, 2.24) is 24.0 Å². The summed E-state index contributed by atoms with van der Waals surface area (Å²) in [6.45, 7) is 3.71. The lowest BCUT2D eigenvalue weighted by atomic mass is 9.83. The summed E-state index contributed by atoms with van der Waals surface area (Å²) in [6.07, 6.45) is 0.968. The van der Waals surface area contributed by atoms with E-state index >= 15 is 0 Å². The van der Waals surface area contributed by atoms with Crippen LogP contribution in [0.3, 0.4) is 0 Å². The monoisotopic (exact) mass is 430 g/mol. The summed E-state index contributed by atoms with van der Waals surface area (Å²) in [5.74, 6) is 0.119. The smallest absolute Gasteiger partial charge is 0.322 e. The van der Waals surface area contributed by atoms with Crippen molar-refractivity contribution in [3.63, 3.8) is 0 Å². The SMILES string of the molecule is O=C(Nc1snnc1C(=O)N1CCOCC1)N1C[C@@H]2C[C@H](C1)c1cccc(=O)n1C2. The molecular weight excluding hydrogens is 408 g/mol. The van der Waals surface area contributed by atoms with Gasteiger partial charge < -0.3 is 19.1 Å². The first-order chi connectivity index (χ1) is 14.6. The summed E-state index contributed by atoms with van der Waals surface area (Å²) in [7, 11) is 0. The van der Waals surface area contributed by atoms with E-state index in [1.54, 1.807) is 21.9 Å². The normalized spacial score (nSPS) is 23.1. The highest BCUT2D eigenvalue weighted by atomic mass is 32.1. The van der Waals surface area contributed by atoms with Crippen LogP contribution < -0.4 is 10.9 Å². The van der Waals surface area contributed by atoms with Gasteiger partial charge in [0, 0.05) is 61.9 Å². The molecule has 2 bridgehead atoms. The molecule has 5 rings (SSSR count). The molecule has 2 fully saturated rings. The summed E-state index contributed by atoms with van der Waals surface area (Å²) < 4.78 is 11.0. The Labute approximate surface area is 176 Å². The number of ether oxygens (including phenoxy) is 1. The standard InChI is InChI=1S/C19H22N6O4S/c26-15-3-1-2-14-13-8-12(10-25(14)15)9-24(11-13)19(28)20-17-16(21-22-30-17)18(27)23-4-6-29-7-5-23/h1-3,12-13H,4-11H2,(H,20,28)/t12-,13+/m0/s1. The summed E-state index contributed by atoms with van der Waals surface area (Å²) in [5, 5.41) is 7.15. The quantitative estimate of drug-likeness (QED) is 0.756. The lowest BCUT2D eigenvalue weighted by Crippen LogP contribution is -2.50. The molecule has 10 nitrogen and oxygen atoms in total. The van der Waals surface area contributed by atoms with Crippen LogP contribution in [-0.4, -0.2) is 75.3 Å². The van der Waals surface area contributed by atoms with E-state index in [9.17, 15) is 14.4 Å². The van der Waals surface area contributed by atoms with Gasteiger partial charge in [0.2, 0.25) is 0 Å². The van der Waals surface area contributed by atoms with Crippen molar-refractivity contribution < 1.29 is 14.3 Å². The van der Waals surface area contributed by atoms with E-state index in [1.165, 1.54) is 0 Å². The Hall–Kier alpha value is -2.79.